The standard InChI is InChI=1S/C29H49Cl/c1-20(2)10-8-11-21(3)25-15-16-26-24(12-9-17-29(25,26)7)14-13-23-18-22(4)28(5,6)27(30)19-23/h13-14,20-22,25-27H,8-12,15-19H2,1-7H3/b23-13-,24-14+/t21?,22-,25?,26?,27?,29?/m1/s1. The van der Waals surface area contributed by atoms with Crippen LogP contribution < -0.4 is 0 Å². The Balaban J connectivity index is 1.69. The first-order valence-electron chi connectivity index (χ1n) is 13.1. The van der Waals surface area contributed by atoms with Gasteiger partial charge in [0.25, 0.3) is 0 Å². The first-order valence-corrected chi connectivity index (χ1v) is 13.5. The molecule has 0 aliphatic heterocycles. The fourth-order valence-corrected chi connectivity index (χ4v) is 7.58. The third-order valence-electron chi connectivity index (χ3n) is 9.79. The zero-order valence-corrected chi connectivity index (χ0v) is 21.8. The molecular weight excluding hydrogens is 384 g/mol. The van der Waals surface area contributed by atoms with Crippen LogP contribution in [0.2, 0.25) is 0 Å². The molecule has 3 fully saturated rings. The molecule has 3 saturated carbocycles. The van der Waals surface area contributed by atoms with Gasteiger partial charge >= 0.3 is 0 Å². The van der Waals surface area contributed by atoms with E-state index >= 15 is 0 Å². The summed E-state index contributed by atoms with van der Waals surface area (Å²) in [5, 5.41) is 0.269. The highest BCUT2D eigenvalue weighted by Gasteiger charge is 2.50. The molecule has 0 heterocycles. The Hall–Kier alpha value is -0.230. The van der Waals surface area contributed by atoms with E-state index in [2.05, 4.69) is 60.6 Å². The van der Waals surface area contributed by atoms with Gasteiger partial charge in [-0.15, -0.1) is 11.6 Å². The van der Waals surface area contributed by atoms with Crippen LogP contribution in [-0.2, 0) is 0 Å². The van der Waals surface area contributed by atoms with Crippen molar-refractivity contribution in [2.75, 3.05) is 0 Å². The summed E-state index contributed by atoms with van der Waals surface area (Å²) in [4.78, 5) is 0. The monoisotopic (exact) mass is 432 g/mol. The second-order valence-electron chi connectivity index (χ2n) is 12.6. The van der Waals surface area contributed by atoms with Gasteiger partial charge in [0.1, 0.15) is 0 Å². The summed E-state index contributed by atoms with van der Waals surface area (Å²) < 4.78 is 0. The molecule has 1 heteroatoms. The largest absolute Gasteiger partial charge is 0.122 e. The van der Waals surface area contributed by atoms with Crippen molar-refractivity contribution < 1.29 is 0 Å². The maximum absolute atomic E-state index is 6.78. The Morgan fingerprint density at radius 3 is 2.43 bits per heavy atom. The van der Waals surface area contributed by atoms with Gasteiger partial charge in [-0.05, 0) is 85.4 Å². The van der Waals surface area contributed by atoms with Gasteiger partial charge in [-0.1, -0.05) is 91.0 Å². The molecule has 30 heavy (non-hydrogen) atoms. The summed E-state index contributed by atoms with van der Waals surface area (Å²) in [6.45, 7) is 17.0. The molecule has 3 aliphatic carbocycles. The third-order valence-corrected chi connectivity index (χ3v) is 10.5. The molecule has 0 aromatic heterocycles. The number of fused-ring (bicyclic) bond motifs is 1. The molecule has 0 aromatic carbocycles. The second-order valence-corrected chi connectivity index (χ2v) is 13.1. The molecule has 0 bridgehead atoms. The quantitative estimate of drug-likeness (QED) is 0.366. The number of hydrogen-bond acceptors (Lipinski definition) is 0. The Morgan fingerprint density at radius 2 is 1.77 bits per heavy atom. The van der Waals surface area contributed by atoms with Crippen molar-refractivity contribution >= 4 is 11.6 Å². The Morgan fingerprint density at radius 1 is 1.03 bits per heavy atom. The van der Waals surface area contributed by atoms with E-state index < -0.39 is 0 Å². The summed E-state index contributed by atoms with van der Waals surface area (Å²) in [6.07, 6.45) is 18.6. The van der Waals surface area contributed by atoms with E-state index in [0.717, 1.165) is 30.1 Å². The van der Waals surface area contributed by atoms with Crippen LogP contribution >= 0.6 is 11.6 Å². The predicted octanol–water partition coefficient (Wildman–Crippen LogP) is 9.58. The molecule has 0 aromatic rings. The Labute approximate surface area is 193 Å². The zero-order valence-electron chi connectivity index (χ0n) is 21.1. The number of halogens is 1. The second kappa shape index (κ2) is 9.72. The van der Waals surface area contributed by atoms with Crippen molar-refractivity contribution in [3.8, 4) is 0 Å². The molecule has 5 unspecified atom stereocenters. The maximum atomic E-state index is 6.78. The van der Waals surface area contributed by atoms with Crippen LogP contribution in [0.4, 0.5) is 0 Å². The average Bonchev–Trinajstić information content (AvgIpc) is 3.02. The first kappa shape index (κ1) is 24.4. The van der Waals surface area contributed by atoms with E-state index in [0.29, 0.717) is 11.3 Å². The zero-order chi connectivity index (χ0) is 22.1. The summed E-state index contributed by atoms with van der Waals surface area (Å²) in [5.41, 5.74) is 4.13. The van der Waals surface area contributed by atoms with Gasteiger partial charge in [-0.25, -0.2) is 0 Å². The van der Waals surface area contributed by atoms with Crippen molar-refractivity contribution in [2.45, 2.75) is 118 Å². The van der Waals surface area contributed by atoms with Gasteiger partial charge in [0.05, 0.1) is 0 Å². The number of hydrogen-bond donors (Lipinski definition) is 0. The fraction of sp³-hybridized carbons (Fsp3) is 0.862. The lowest BCUT2D eigenvalue weighted by atomic mass is 9.60. The van der Waals surface area contributed by atoms with Gasteiger partial charge < -0.3 is 0 Å². The van der Waals surface area contributed by atoms with Crippen LogP contribution in [0, 0.1) is 40.4 Å². The van der Waals surface area contributed by atoms with Gasteiger partial charge in [0, 0.05) is 5.38 Å². The van der Waals surface area contributed by atoms with Crippen LogP contribution in [0.1, 0.15) is 113 Å². The third kappa shape index (κ3) is 5.05. The van der Waals surface area contributed by atoms with Crippen molar-refractivity contribution in [1.82, 2.24) is 0 Å². The summed E-state index contributed by atoms with van der Waals surface area (Å²) in [5.74, 6) is 4.15. The molecule has 6 atom stereocenters. The highest BCUT2D eigenvalue weighted by molar-refractivity contribution is 6.21. The normalized spacial score (nSPS) is 40.2. The van der Waals surface area contributed by atoms with E-state index in [-0.39, 0.29) is 10.8 Å². The van der Waals surface area contributed by atoms with Crippen molar-refractivity contribution in [3.05, 3.63) is 23.3 Å². The van der Waals surface area contributed by atoms with Crippen molar-refractivity contribution in [2.24, 2.45) is 40.4 Å². The lowest BCUT2D eigenvalue weighted by Gasteiger charge is -2.44. The minimum Gasteiger partial charge on any atom is -0.122 e. The average molecular weight is 433 g/mol. The molecule has 3 aliphatic rings. The van der Waals surface area contributed by atoms with Gasteiger partial charge in [-0.3, -0.25) is 0 Å². The minimum absolute atomic E-state index is 0.250. The highest BCUT2D eigenvalue weighted by atomic mass is 35.5. The van der Waals surface area contributed by atoms with Gasteiger partial charge in [0.15, 0.2) is 0 Å². The Bertz CT molecular complexity index is 623. The molecule has 0 nitrogen and oxygen atoms in total. The summed E-state index contributed by atoms with van der Waals surface area (Å²) in [7, 11) is 0. The highest BCUT2D eigenvalue weighted by Crippen LogP contribution is 2.60. The number of alkyl halides is 1. The van der Waals surface area contributed by atoms with Crippen LogP contribution in [-0.4, -0.2) is 5.38 Å². The molecule has 3 rings (SSSR count). The molecular formula is C29H49Cl. The van der Waals surface area contributed by atoms with E-state index in [1.54, 1.807) is 11.1 Å². The molecule has 0 spiro atoms. The van der Waals surface area contributed by atoms with Crippen LogP contribution in [0.15, 0.2) is 23.3 Å². The van der Waals surface area contributed by atoms with Crippen LogP contribution in [0.3, 0.4) is 0 Å². The topological polar surface area (TPSA) is 0 Å². The first-order chi connectivity index (χ1) is 14.1. The van der Waals surface area contributed by atoms with Crippen LogP contribution in [0.25, 0.3) is 0 Å². The summed E-state index contributed by atoms with van der Waals surface area (Å²) >= 11 is 6.78. The molecule has 0 radical (unpaired) electrons. The predicted molar refractivity (Wildman–Crippen MR) is 134 cm³/mol. The lowest BCUT2D eigenvalue weighted by Crippen LogP contribution is -2.36. The maximum Gasteiger partial charge on any atom is 0.0426 e. The van der Waals surface area contributed by atoms with E-state index in [9.17, 15) is 0 Å². The van der Waals surface area contributed by atoms with E-state index in [1.165, 1.54) is 57.8 Å². The number of allylic oxidation sites excluding steroid dienone is 4. The van der Waals surface area contributed by atoms with E-state index in [4.69, 9.17) is 11.6 Å². The van der Waals surface area contributed by atoms with Gasteiger partial charge in [-0.2, -0.15) is 0 Å². The molecule has 0 saturated heterocycles. The Kier molecular flexibility index (Phi) is 7.91. The van der Waals surface area contributed by atoms with Crippen molar-refractivity contribution in [3.63, 3.8) is 0 Å². The van der Waals surface area contributed by atoms with Gasteiger partial charge in [0.2, 0.25) is 0 Å². The van der Waals surface area contributed by atoms with Crippen molar-refractivity contribution in [1.29, 1.82) is 0 Å². The SMILES string of the molecule is CC(C)CCCC(C)C1CCC2/C(=C/C=C3\CC(Cl)C(C)(C)[C@H](C)C3)CCCC21C. The molecule has 172 valence electrons. The fourth-order valence-electron chi connectivity index (χ4n) is 7.17. The molecule has 0 amide bonds. The molecule has 0 N–H and O–H groups in total. The van der Waals surface area contributed by atoms with E-state index in [1.807, 2.05) is 0 Å². The summed E-state index contributed by atoms with van der Waals surface area (Å²) in [6, 6.07) is 0. The van der Waals surface area contributed by atoms with Crippen LogP contribution in [0.5, 0.6) is 0 Å². The lowest BCUT2D eigenvalue weighted by molar-refractivity contribution is 0.0929. The smallest absolute Gasteiger partial charge is 0.0426 e. The minimum atomic E-state index is 0.250. The number of rotatable bonds is 6.